The lowest BCUT2D eigenvalue weighted by Crippen LogP contribution is -2.30. The van der Waals surface area contributed by atoms with Gasteiger partial charge in [0.1, 0.15) is 5.56 Å². The number of hydrogen-bond acceptors (Lipinski definition) is 5. The van der Waals surface area contributed by atoms with Crippen molar-refractivity contribution in [3.8, 4) is 0 Å². The molecule has 148 valence electrons. The third-order valence-corrected chi connectivity index (χ3v) is 4.63. The second-order valence-corrected chi connectivity index (χ2v) is 6.79. The van der Waals surface area contributed by atoms with Gasteiger partial charge in [0.15, 0.2) is 6.10 Å². The number of esters is 1. The zero-order valence-corrected chi connectivity index (χ0v) is 16.5. The van der Waals surface area contributed by atoms with Crippen LogP contribution in [0.1, 0.15) is 49.0 Å². The zero-order chi connectivity index (χ0) is 20.8. The molecule has 0 bridgehead atoms. The van der Waals surface area contributed by atoms with Crippen LogP contribution in [0.25, 0.3) is 0 Å². The predicted octanol–water partition coefficient (Wildman–Crippen LogP) is 4.95. The summed E-state index contributed by atoms with van der Waals surface area (Å²) < 4.78 is 5.13. The molecule has 8 heteroatoms. The molecule has 0 aromatic heterocycles. The number of carbonyl (C=O) groups excluding carboxylic acids is 2. The second kappa shape index (κ2) is 9.32. The van der Waals surface area contributed by atoms with E-state index in [1.807, 2.05) is 26.0 Å². The molecule has 0 saturated carbocycles. The van der Waals surface area contributed by atoms with Gasteiger partial charge in [-0.15, -0.1) is 0 Å². The number of rotatable bonds is 7. The van der Waals surface area contributed by atoms with E-state index < -0.39 is 28.6 Å². The number of para-hydroxylation sites is 1. The van der Waals surface area contributed by atoms with Gasteiger partial charge in [-0.05, 0) is 43.0 Å². The lowest BCUT2D eigenvalue weighted by atomic mass is 9.97. The highest BCUT2D eigenvalue weighted by Gasteiger charge is 2.26. The number of amides is 1. The standard InChI is InChI=1S/C20H21ClN2O5/c1-4-12(2)15-7-5-6-8-17(15)22-19(24)13(3)28-20(25)16-10-9-14(21)11-18(16)23(26)27/h5-13H,4H2,1-3H3,(H,22,24). The van der Waals surface area contributed by atoms with Gasteiger partial charge < -0.3 is 10.1 Å². The van der Waals surface area contributed by atoms with Crippen LogP contribution in [-0.4, -0.2) is 22.9 Å². The van der Waals surface area contributed by atoms with Crippen LogP contribution in [0.4, 0.5) is 11.4 Å². The van der Waals surface area contributed by atoms with Crippen LogP contribution >= 0.6 is 11.6 Å². The van der Waals surface area contributed by atoms with Gasteiger partial charge in [0.2, 0.25) is 0 Å². The van der Waals surface area contributed by atoms with Crippen molar-refractivity contribution in [2.45, 2.75) is 39.2 Å². The normalized spacial score (nSPS) is 12.7. The molecule has 2 aromatic rings. The minimum atomic E-state index is -1.15. The molecule has 0 saturated heterocycles. The number of nitrogens with zero attached hydrogens (tertiary/aromatic N) is 1. The molecule has 28 heavy (non-hydrogen) atoms. The first-order valence-electron chi connectivity index (χ1n) is 8.79. The number of nitrogens with one attached hydrogen (secondary N) is 1. The van der Waals surface area contributed by atoms with Crippen molar-refractivity contribution in [3.63, 3.8) is 0 Å². The SMILES string of the molecule is CCC(C)c1ccccc1NC(=O)C(C)OC(=O)c1ccc(Cl)cc1[N+](=O)[O-]. The number of carbonyl (C=O) groups is 2. The monoisotopic (exact) mass is 404 g/mol. The molecule has 2 atom stereocenters. The highest BCUT2D eigenvalue weighted by Crippen LogP contribution is 2.27. The highest BCUT2D eigenvalue weighted by atomic mass is 35.5. The predicted molar refractivity (Wildman–Crippen MR) is 107 cm³/mol. The van der Waals surface area contributed by atoms with Gasteiger partial charge in [-0.25, -0.2) is 4.79 Å². The summed E-state index contributed by atoms with van der Waals surface area (Å²) in [5.41, 5.74) is 0.869. The molecule has 7 nitrogen and oxygen atoms in total. The van der Waals surface area contributed by atoms with E-state index in [9.17, 15) is 19.7 Å². The van der Waals surface area contributed by atoms with Crippen LogP contribution in [0.2, 0.25) is 5.02 Å². The molecule has 0 aliphatic rings. The molecule has 1 N–H and O–H groups in total. The maximum absolute atomic E-state index is 12.5. The van der Waals surface area contributed by atoms with Crippen molar-refractivity contribution in [2.75, 3.05) is 5.32 Å². The fourth-order valence-electron chi connectivity index (χ4n) is 2.60. The Labute approximate surface area is 167 Å². The Bertz CT molecular complexity index is 900. The van der Waals surface area contributed by atoms with Crippen molar-refractivity contribution >= 4 is 34.9 Å². The van der Waals surface area contributed by atoms with Gasteiger partial charge in [0.25, 0.3) is 11.6 Å². The molecule has 2 aromatic carbocycles. The maximum Gasteiger partial charge on any atom is 0.345 e. The van der Waals surface area contributed by atoms with Crippen LogP contribution in [-0.2, 0) is 9.53 Å². The molecule has 2 unspecified atom stereocenters. The zero-order valence-electron chi connectivity index (χ0n) is 15.8. The van der Waals surface area contributed by atoms with E-state index in [0.717, 1.165) is 18.1 Å². The van der Waals surface area contributed by atoms with Crippen molar-refractivity contribution < 1.29 is 19.2 Å². The van der Waals surface area contributed by atoms with E-state index in [-0.39, 0.29) is 16.5 Å². The Kier molecular flexibility index (Phi) is 7.12. The van der Waals surface area contributed by atoms with E-state index in [4.69, 9.17) is 16.3 Å². The van der Waals surface area contributed by atoms with E-state index in [1.54, 1.807) is 12.1 Å². The summed E-state index contributed by atoms with van der Waals surface area (Å²) in [7, 11) is 0. The molecule has 0 aliphatic heterocycles. The summed E-state index contributed by atoms with van der Waals surface area (Å²) in [5.74, 6) is -1.26. The van der Waals surface area contributed by atoms with Gasteiger partial charge in [0, 0.05) is 16.8 Å². The Hall–Kier alpha value is -2.93. The van der Waals surface area contributed by atoms with E-state index >= 15 is 0 Å². The molecule has 0 radical (unpaired) electrons. The van der Waals surface area contributed by atoms with Gasteiger partial charge >= 0.3 is 5.97 Å². The fourth-order valence-corrected chi connectivity index (χ4v) is 2.77. The van der Waals surface area contributed by atoms with Crippen LogP contribution in [0.3, 0.4) is 0 Å². The Morgan fingerprint density at radius 2 is 1.89 bits per heavy atom. The molecule has 0 spiro atoms. The van der Waals surface area contributed by atoms with Crippen LogP contribution in [0, 0.1) is 10.1 Å². The van der Waals surface area contributed by atoms with Crippen LogP contribution in [0.5, 0.6) is 0 Å². The third kappa shape index (κ3) is 5.07. The average molecular weight is 405 g/mol. The smallest absolute Gasteiger partial charge is 0.345 e. The van der Waals surface area contributed by atoms with E-state index in [0.29, 0.717) is 5.69 Å². The van der Waals surface area contributed by atoms with Crippen molar-refractivity contribution in [1.82, 2.24) is 0 Å². The van der Waals surface area contributed by atoms with Gasteiger partial charge in [0.05, 0.1) is 4.92 Å². The minimum absolute atomic E-state index is 0.121. The molecule has 0 heterocycles. The summed E-state index contributed by atoms with van der Waals surface area (Å²) >= 11 is 5.74. The average Bonchev–Trinajstić information content (AvgIpc) is 2.67. The van der Waals surface area contributed by atoms with Crippen LogP contribution in [0.15, 0.2) is 42.5 Å². The number of anilines is 1. The molecule has 0 fully saturated rings. The van der Waals surface area contributed by atoms with Crippen molar-refractivity contribution in [2.24, 2.45) is 0 Å². The van der Waals surface area contributed by atoms with Crippen LogP contribution < -0.4 is 5.32 Å². The highest BCUT2D eigenvalue weighted by molar-refractivity contribution is 6.31. The number of ether oxygens (including phenoxy) is 1. The van der Waals surface area contributed by atoms with Crippen molar-refractivity contribution in [3.05, 3.63) is 68.7 Å². The Balaban J connectivity index is 2.14. The van der Waals surface area contributed by atoms with Crippen molar-refractivity contribution in [1.29, 1.82) is 0 Å². The topological polar surface area (TPSA) is 98.5 Å². The number of halogens is 1. The minimum Gasteiger partial charge on any atom is -0.449 e. The lowest BCUT2D eigenvalue weighted by Gasteiger charge is -2.18. The molecule has 2 rings (SSSR count). The second-order valence-electron chi connectivity index (χ2n) is 6.35. The first-order valence-corrected chi connectivity index (χ1v) is 9.17. The summed E-state index contributed by atoms with van der Waals surface area (Å²) in [4.78, 5) is 35.2. The Morgan fingerprint density at radius 1 is 1.21 bits per heavy atom. The van der Waals surface area contributed by atoms with E-state index in [1.165, 1.54) is 19.1 Å². The summed E-state index contributed by atoms with van der Waals surface area (Å²) in [6.45, 7) is 5.50. The Morgan fingerprint density at radius 3 is 2.54 bits per heavy atom. The first kappa shape index (κ1) is 21.4. The van der Waals surface area contributed by atoms with Gasteiger partial charge in [-0.2, -0.15) is 0 Å². The molecular formula is C20H21ClN2O5. The quantitative estimate of drug-likeness (QED) is 0.400. The summed E-state index contributed by atoms with van der Waals surface area (Å²) in [6, 6.07) is 11.0. The first-order chi connectivity index (χ1) is 13.2. The fraction of sp³-hybridized carbons (Fsp3) is 0.300. The van der Waals surface area contributed by atoms with Gasteiger partial charge in [-0.1, -0.05) is 43.6 Å². The van der Waals surface area contributed by atoms with Gasteiger partial charge in [-0.3, -0.25) is 14.9 Å². The molecule has 1 amide bonds. The number of hydrogen-bond donors (Lipinski definition) is 1. The largest absolute Gasteiger partial charge is 0.449 e. The molecular weight excluding hydrogens is 384 g/mol. The summed E-state index contributed by atoms with van der Waals surface area (Å²) in [5, 5.41) is 14.0. The van der Waals surface area contributed by atoms with E-state index in [2.05, 4.69) is 5.32 Å². The molecule has 0 aliphatic carbocycles. The number of nitro benzene ring substituents is 1. The maximum atomic E-state index is 12.5. The lowest BCUT2D eigenvalue weighted by molar-refractivity contribution is -0.385. The number of benzene rings is 2. The third-order valence-electron chi connectivity index (χ3n) is 4.39. The summed E-state index contributed by atoms with van der Waals surface area (Å²) in [6.07, 6.45) is -0.245. The number of nitro groups is 1.